The molecular formula is C15H26O4. The Morgan fingerprint density at radius 1 is 1.42 bits per heavy atom. The predicted molar refractivity (Wildman–Crippen MR) is 72.5 cm³/mol. The second-order valence-electron chi connectivity index (χ2n) is 7.15. The Balaban J connectivity index is 2.14. The minimum absolute atomic E-state index is 0.0616. The Bertz CT molecular complexity index is 382. The van der Waals surface area contributed by atoms with E-state index in [2.05, 4.69) is 6.58 Å². The number of hydrogen-bond donors (Lipinski definition) is 4. The first kappa shape index (κ1) is 15.0. The van der Waals surface area contributed by atoms with Gasteiger partial charge in [-0.25, -0.2) is 0 Å². The van der Waals surface area contributed by atoms with Gasteiger partial charge in [-0.1, -0.05) is 19.1 Å². The van der Waals surface area contributed by atoms with E-state index in [0.29, 0.717) is 12.8 Å². The summed E-state index contributed by atoms with van der Waals surface area (Å²) in [7, 11) is 0. The van der Waals surface area contributed by atoms with Gasteiger partial charge in [-0.15, -0.1) is 0 Å². The van der Waals surface area contributed by atoms with Crippen molar-refractivity contribution < 1.29 is 20.4 Å². The van der Waals surface area contributed by atoms with Crippen molar-refractivity contribution in [2.75, 3.05) is 0 Å². The predicted octanol–water partition coefficient (Wildman–Crippen LogP) is 0.976. The van der Waals surface area contributed by atoms with Crippen molar-refractivity contribution in [2.45, 2.75) is 69.9 Å². The van der Waals surface area contributed by atoms with E-state index in [9.17, 15) is 20.4 Å². The van der Waals surface area contributed by atoms with Crippen LogP contribution in [-0.4, -0.2) is 43.8 Å². The fourth-order valence-corrected chi connectivity index (χ4v) is 3.73. The van der Waals surface area contributed by atoms with Crippen molar-refractivity contribution in [2.24, 2.45) is 11.3 Å². The molecule has 0 heterocycles. The van der Waals surface area contributed by atoms with Crippen LogP contribution >= 0.6 is 0 Å². The first-order valence-electron chi connectivity index (χ1n) is 7.01. The van der Waals surface area contributed by atoms with Gasteiger partial charge in [-0.05, 0) is 39.0 Å². The van der Waals surface area contributed by atoms with E-state index in [-0.39, 0.29) is 12.3 Å². The molecular weight excluding hydrogens is 244 g/mol. The third-order valence-electron chi connectivity index (χ3n) is 5.58. The number of hydrogen-bond acceptors (Lipinski definition) is 4. The van der Waals surface area contributed by atoms with E-state index in [1.165, 1.54) is 13.8 Å². The summed E-state index contributed by atoms with van der Waals surface area (Å²) in [5.41, 5.74) is -1.70. The zero-order chi connectivity index (χ0) is 14.6. The van der Waals surface area contributed by atoms with Crippen molar-refractivity contribution in [3.8, 4) is 0 Å². The Hall–Kier alpha value is -0.420. The van der Waals surface area contributed by atoms with E-state index >= 15 is 0 Å². The molecule has 0 spiro atoms. The molecule has 4 heteroatoms. The maximum atomic E-state index is 10.6. The van der Waals surface area contributed by atoms with Gasteiger partial charge in [0.1, 0.15) is 0 Å². The van der Waals surface area contributed by atoms with Crippen LogP contribution in [0.3, 0.4) is 0 Å². The Kier molecular flexibility index (Phi) is 3.38. The number of aliphatic hydroxyl groups excluding tert-OH is 2. The fourth-order valence-electron chi connectivity index (χ4n) is 3.73. The molecule has 0 saturated heterocycles. The van der Waals surface area contributed by atoms with Gasteiger partial charge < -0.3 is 20.4 Å². The molecule has 19 heavy (non-hydrogen) atoms. The Morgan fingerprint density at radius 2 is 2.00 bits per heavy atom. The summed E-state index contributed by atoms with van der Waals surface area (Å²) in [6, 6.07) is 0. The summed E-state index contributed by atoms with van der Waals surface area (Å²) < 4.78 is 0. The standard InChI is InChI=1S/C15H26O4/c1-9-5-6-15(19)8-10(9)14(15,4)12(17)7-11(16)13(2,3)18/h10-12,16-19H,1,5-8H2,2-4H3/t10-,11?,12?,14+,15+/m0/s1. The van der Waals surface area contributed by atoms with Crippen LogP contribution in [0.25, 0.3) is 0 Å². The topological polar surface area (TPSA) is 80.9 Å². The van der Waals surface area contributed by atoms with Gasteiger partial charge in [0.05, 0.1) is 23.4 Å². The van der Waals surface area contributed by atoms with E-state index in [1.807, 2.05) is 6.92 Å². The lowest BCUT2D eigenvalue weighted by atomic mass is 9.41. The SMILES string of the molecule is C=C1CC[C@@]2(O)C[C@@H]1[C@]2(C)C(O)CC(O)C(C)(C)O. The molecule has 5 atom stereocenters. The Morgan fingerprint density at radius 3 is 2.47 bits per heavy atom. The lowest BCUT2D eigenvalue weighted by Crippen LogP contribution is -2.70. The van der Waals surface area contributed by atoms with Crippen LogP contribution in [0.5, 0.6) is 0 Å². The van der Waals surface area contributed by atoms with Gasteiger partial charge in [0, 0.05) is 11.8 Å². The molecule has 0 aromatic rings. The lowest BCUT2D eigenvalue weighted by molar-refractivity contribution is -0.259. The van der Waals surface area contributed by atoms with Gasteiger partial charge in [0.15, 0.2) is 0 Å². The normalized spacial score (nSPS) is 41.6. The summed E-state index contributed by atoms with van der Waals surface area (Å²) in [6.07, 6.45) is 0.267. The van der Waals surface area contributed by atoms with Crippen molar-refractivity contribution in [3.05, 3.63) is 12.2 Å². The first-order chi connectivity index (χ1) is 8.52. The fraction of sp³-hybridized carbons (Fsp3) is 0.867. The van der Waals surface area contributed by atoms with E-state index < -0.39 is 28.8 Å². The van der Waals surface area contributed by atoms with Crippen LogP contribution in [0.1, 0.15) is 46.5 Å². The molecule has 4 nitrogen and oxygen atoms in total. The molecule has 110 valence electrons. The maximum Gasteiger partial charge on any atom is 0.0850 e. The number of fused-ring (bicyclic) bond motifs is 2. The van der Waals surface area contributed by atoms with Gasteiger partial charge in [0.25, 0.3) is 0 Å². The molecule has 3 aliphatic carbocycles. The summed E-state index contributed by atoms with van der Waals surface area (Å²) in [4.78, 5) is 0. The van der Waals surface area contributed by atoms with Crippen molar-refractivity contribution in [1.29, 1.82) is 0 Å². The van der Waals surface area contributed by atoms with Crippen LogP contribution in [0.15, 0.2) is 12.2 Å². The minimum Gasteiger partial charge on any atom is -0.392 e. The van der Waals surface area contributed by atoms with Crippen LogP contribution in [-0.2, 0) is 0 Å². The maximum absolute atomic E-state index is 10.6. The van der Waals surface area contributed by atoms with Gasteiger partial charge in [0.2, 0.25) is 0 Å². The quantitative estimate of drug-likeness (QED) is 0.574. The number of aliphatic hydroxyl groups is 4. The molecule has 4 N–H and O–H groups in total. The minimum atomic E-state index is -1.25. The summed E-state index contributed by atoms with van der Waals surface area (Å²) >= 11 is 0. The van der Waals surface area contributed by atoms with Crippen LogP contribution in [0, 0.1) is 11.3 Å². The first-order valence-corrected chi connectivity index (χ1v) is 7.01. The third-order valence-corrected chi connectivity index (χ3v) is 5.58. The average molecular weight is 270 g/mol. The summed E-state index contributed by atoms with van der Waals surface area (Å²) in [5, 5.41) is 40.8. The number of rotatable bonds is 4. The van der Waals surface area contributed by atoms with E-state index in [4.69, 9.17) is 0 Å². The van der Waals surface area contributed by atoms with Crippen LogP contribution in [0.4, 0.5) is 0 Å². The molecule has 0 aromatic carbocycles. The molecule has 3 aliphatic rings. The molecule has 0 aromatic heterocycles. The molecule has 0 radical (unpaired) electrons. The van der Waals surface area contributed by atoms with Crippen molar-refractivity contribution in [3.63, 3.8) is 0 Å². The highest BCUT2D eigenvalue weighted by molar-refractivity contribution is 5.28. The summed E-state index contributed by atoms with van der Waals surface area (Å²) in [6.45, 7) is 8.94. The highest BCUT2D eigenvalue weighted by atomic mass is 16.3. The van der Waals surface area contributed by atoms with Crippen LogP contribution in [0.2, 0.25) is 0 Å². The van der Waals surface area contributed by atoms with Crippen LogP contribution < -0.4 is 0 Å². The number of allylic oxidation sites excluding steroid dienone is 1. The van der Waals surface area contributed by atoms with Gasteiger partial charge in [-0.2, -0.15) is 0 Å². The molecule has 2 bridgehead atoms. The molecule has 3 rings (SSSR count). The van der Waals surface area contributed by atoms with Crippen molar-refractivity contribution >= 4 is 0 Å². The van der Waals surface area contributed by atoms with E-state index in [0.717, 1.165) is 12.0 Å². The van der Waals surface area contributed by atoms with Gasteiger partial charge >= 0.3 is 0 Å². The largest absolute Gasteiger partial charge is 0.392 e. The third kappa shape index (κ3) is 2.05. The lowest BCUT2D eigenvalue weighted by Gasteiger charge is -2.66. The highest BCUT2D eigenvalue weighted by Gasteiger charge is 2.67. The Labute approximate surface area is 114 Å². The molecule has 0 aliphatic heterocycles. The second-order valence-corrected chi connectivity index (χ2v) is 7.15. The monoisotopic (exact) mass is 270 g/mol. The average Bonchev–Trinajstić information content (AvgIpc) is 2.29. The zero-order valence-corrected chi connectivity index (χ0v) is 12.1. The molecule has 2 unspecified atom stereocenters. The van der Waals surface area contributed by atoms with Gasteiger partial charge in [-0.3, -0.25) is 0 Å². The summed E-state index contributed by atoms with van der Waals surface area (Å²) in [5.74, 6) is 0.107. The molecule has 3 fully saturated rings. The smallest absolute Gasteiger partial charge is 0.0850 e. The zero-order valence-electron chi connectivity index (χ0n) is 12.1. The molecule has 0 amide bonds. The highest BCUT2D eigenvalue weighted by Crippen LogP contribution is 2.65. The van der Waals surface area contributed by atoms with Crippen molar-refractivity contribution in [1.82, 2.24) is 0 Å². The second kappa shape index (κ2) is 4.29. The van der Waals surface area contributed by atoms with E-state index in [1.54, 1.807) is 0 Å². The molecule has 3 saturated carbocycles.